The van der Waals surface area contributed by atoms with Crippen molar-refractivity contribution in [1.82, 2.24) is 14.5 Å². The highest BCUT2D eigenvalue weighted by molar-refractivity contribution is 6.29. The molecule has 1 aliphatic rings. The fourth-order valence-corrected chi connectivity index (χ4v) is 1.81. The molecule has 0 N–H and O–H groups in total. The number of aromatic nitrogens is 3. The van der Waals surface area contributed by atoms with Gasteiger partial charge >= 0.3 is 0 Å². The van der Waals surface area contributed by atoms with Gasteiger partial charge in [0.1, 0.15) is 5.15 Å². The summed E-state index contributed by atoms with van der Waals surface area (Å²) in [4.78, 5) is 7.93. The zero-order valence-corrected chi connectivity index (χ0v) is 9.15. The molecule has 2 aromatic heterocycles. The maximum absolute atomic E-state index is 13.5. The lowest BCUT2D eigenvalue weighted by Gasteiger charge is -2.03. The highest BCUT2D eigenvalue weighted by Gasteiger charge is 2.26. The van der Waals surface area contributed by atoms with Gasteiger partial charge in [0, 0.05) is 18.2 Å². The first-order chi connectivity index (χ1) is 7.74. The molecule has 1 saturated carbocycles. The molecule has 0 bridgehead atoms. The first-order valence-corrected chi connectivity index (χ1v) is 5.47. The summed E-state index contributed by atoms with van der Waals surface area (Å²) in [7, 11) is 0. The van der Waals surface area contributed by atoms with Gasteiger partial charge in [0.15, 0.2) is 5.82 Å². The van der Waals surface area contributed by atoms with Gasteiger partial charge in [-0.1, -0.05) is 11.6 Å². The Hall–Kier alpha value is -1.42. The summed E-state index contributed by atoms with van der Waals surface area (Å²) in [6, 6.07) is 1.50. The minimum absolute atomic E-state index is 0.276. The van der Waals surface area contributed by atoms with Crippen LogP contribution in [0.4, 0.5) is 4.39 Å². The Labute approximate surface area is 96.9 Å². The van der Waals surface area contributed by atoms with Crippen LogP contribution in [0.15, 0.2) is 24.8 Å². The number of hydrogen-bond donors (Lipinski definition) is 0. The average molecular weight is 238 g/mol. The summed E-state index contributed by atoms with van der Waals surface area (Å²) in [6.07, 6.45) is 6.94. The van der Waals surface area contributed by atoms with E-state index < -0.39 is 5.82 Å². The zero-order chi connectivity index (χ0) is 11.1. The van der Waals surface area contributed by atoms with Crippen LogP contribution in [0.3, 0.4) is 0 Å². The van der Waals surface area contributed by atoms with E-state index >= 15 is 0 Å². The van der Waals surface area contributed by atoms with Gasteiger partial charge in [-0.15, -0.1) is 0 Å². The Morgan fingerprint density at radius 2 is 2.19 bits per heavy atom. The molecule has 0 saturated heterocycles. The monoisotopic (exact) mass is 237 g/mol. The fraction of sp³-hybridized carbons (Fsp3) is 0.273. The van der Waals surface area contributed by atoms with E-state index in [0.717, 1.165) is 11.9 Å². The lowest BCUT2D eigenvalue weighted by Crippen LogP contribution is -1.95. The molecule has 16 heavy (non-hydrogen) atoms. The molecule has 0 unspecified atom stereocenters. The summed E-state index contributed by atoms with van der Waals surface area (Å²) in [5.41, 5.74) is 1.41. The van der Waals surface area contributed by atoms with Crippen LogP contribution in [0.25, 0.3) is 5.69 Å². The number of imidazole rings is 1. The number of halogens is 2. The standard InChI is InChI=1S/C11H9ClFN3/c12-11-3-10(8(13)4-14-11)16-5-9(15-6-16)7-1-2-7/h3-7H,1-2H2. The molecular formula is C11H9ClFN3. The third kappa shape index (κ3) is 1.69. The second kappa shape index (κ2) is 3.56. The molecule has 2 heterocycles. The van der Waals surface area contributed by atoms with Crippen molar-refractivity contribution in [1.29, 1.82) is 0 Å². The average Bonchev–Trinajstić information content (AvgIpc) is 3.01. The van der Waals surface area contributed by atoms with Crippen molar-refractivity contribution in [3.05, 3.63) is 41.5 Å². The molecule has 2 aromatic rings. The van der Waals surface area contributed by atoms with Crippen LogP contribution in [0.1, 0.15) is 24.5 Å². The lowest BCUT2D eigenvalue weighted by atomic mass is 10.3. The third-order valence-corrected chi connectivity index (χ3v) is 2.88. The molecule has 0 amide bonds. The quantitative estimate of drug-likeness (QED) is 0.752. The first kappa shape index (κ1) is 9.78. The van der Waals surface area contributed by atoms with Crippen molar-refractivity contribution in [2.75, 3.05) is 0 Å². The first-order valence-electron chi connectivity index (χ1n) is 5.09. The molecule has 0 spiro atoms. The van der Waals surface area contributed by atoms with E-state index in [4.69, 9.17) is 11.6 Å². The normalized spacial score (nSPS) is 15.4. The van der Waals surface area contributed by atoms with Crippen LogP contribution < -0.4 is 0 Å². The second-order valence-electron chi connectivity index (χ2n) is 3.94. The van der Waals surface area contributed by atoms with Crippen molar-refractivity contribution >= 4 is 11.6 Å². The van der Waals surface area contributed by atoms with Crippen molar-refractivity contribution < 1.29 is 4.39 Å². The van der Waals surface area contributed by atoms with Gasteiger partial charge in [0.2, 0.25) is 0 Å². The van der Waals surface area contributed by atoms with E-state index in [1.807, 2.05) is 6.20 Å². The highest BCUT2D eigenvalue weighted by atomic mass is 35.5. The van der Waals surface area contributed by atoms with E-state index in [2.05, 4.69) is 9.97 Å². The summed E-state index contributed by atoms with van der Waals surface area (Å²) in [5, 5.41) is 0.276. The maximum Gasteiger partial charge on any atom is 0.165 e. The Morgan fingerprint density at radius 3 is 2.94 bits per heavy atom. The Balaban J connectivity index is 2.03. The van der Waals surface area contributed by atoms with Crippen molar-refractivity contribution in [3.8, 4) is 5.69 Å². The molecule has 1 aliphatic carbocycles. The number of hydrogen-bond acceptors (Lipinski definition) is 2. The summed E-state index contributed by atoms with van der Waals surface area (Å²) in [6.45, 7) is 0. The Bertz CT molecular complexity index is 534. The lowest BCUT2D eigenvalue weighted by molar-refractivity contribution is 0.611. The van der Waals surface area contributed by atoms with Crippen LogP contribution in [0, 0.1) is 5.82 Å². The Morgan fingerprint density at radius 1 is 1.38 bits per heavy atom. The van der Waals surface area contributed by atoms with Gasteiger partial charge in [-0.25, -0.2) is 14.4 Å². The summed E-state index contributed by atoms with van der Waals surface area (Å²) < 4.78 is 15.2. The second-order valence-corrected chi connectivity index (χ2v) is 4.33. The predicted octanol–water partition coefficient (Wildman–Crippen LogP) is 2.94. The van der Waals surface area contributed by atoms with Gasteiger partial charge in [0.25, 0.3) is 0 Å². The molecule has 0 aliphatic heterocycles. The largest absolute Gasteiger partial charge is 0.303 e. The van der Waals surface area contributed by atoms with Crippen molar-refractivity contribution in [3.63, 3.8) is 0 Å². The zero-order valence-electron chi connectivity index (χ0n) is 8.40. The Kier molecular flexibility index (Phi) is 2.17. The molecule has 5 heteroatoms. The van der Waals surface area contributed by atoms with Crippen LogP contribution in [-0.4, -0.2) is 14.5 Å². The third-order valence-electron chi connectivity index (χ3n) is 2.68. The minimum atomic E-state index is -0.399. The summed E-state index contributed by atoms with van der Waals surface area (Å²) in [5.74, 6) is 0.158. The van der Waals surface area contributed by atoms with Crippen LogP contribution in [0.2, 0.25) is 5.15 Å². The molecule has 3 nitrogen and oxygen atoms in total. The van der Waals surface area contributed by atoms with Crippen molar-refractivity contribution in [2.24, 2.45) is 0 Å². The van der Waals surface area contributed by atoms with E-state index in [-0.39, 0.29) is 5.15 Å². The maximum atomic E-state index is 13.5. The van der Waals surface area contributed by atoms with Gasteiger partial charge in [-0.3, -0.25) is 0 Å². The van der Waals surface area contributed by atoms with E-state index in [0.29, 0.717) is 11.6 Å². The van der Waals surface area contributed by atoms with Gasteiger partial charge < -0.3 is 4.57 Å². The smallest absolute Gasteiger partial charge is 0.165 e. The van der Waals surface area contributed by atoms with Crippen molar-refractivity contribution in [2.45, 2.75) is 18.8 Å². The van der Waals surface area contributed by atoms with Gasteiger partial charge in [-0.2, -0.15) is 0 Å². The summed E-state index contributed by atoms with van der Waals surface area (Å²) >= 11 is 5.74. The van der Waals surface area contributed by atoms with Crippen LogP contribution in [0.5, 0.6) is 0 Å². The van der Waals surface area contributed by atoms with Gasteiger partial charge in [0.05, 0.1) is 23.9 Å². The fourth-order valence-electron chi connectivity index (χ4n) is 1.66. The molecule has 82 valence electrons. The van der Waals surface area contributed by atoms with E-state index in [9.17, 15) is 4.39 Å². The molecule has 3 rings (SSSR count). The van der Waals surface area contributed by atoms with Gasteiger partial charge in [-0.05, 0) is 12.8 Å². The number of nitrogens with zero attached hydrogens (tertiary/aromatic N) is 3. The predicted molar refractivity (Wildman–Crippen MR) is 58.3 cm³/mol. The number of rotatable bonds is 2. The van der Waals surface area contributed by atoms with Crippen LogP contribution >= 0.6 is 11.6 Å². The number of pyridine rings is 1. The molecule has 0 atom stereocenters. The van der Waals surface area contributed by atoms with E-state index in [1.165, 1.54) is 18.9 Å². The topological polar surface area (TPSA) is 30.7 Å². The highest BCUT2D eigenvalue weighted by Crippen LogP contribution is 2.39. The molecular weight excluding hydrogens is 229 g/mol. The molecule has 0 aromatic carbocycles. The SMILES string of the molecule is Fc1cnc(Cl)cc1-n1cnc(C2CC2)c1. The molecule has 1 fully saturated rings. The molecule has 0 radical (unpaired) electrons. The minimum Gasteiger partial charge on any atom is -0.303 e. The van der Waals surface area contributed by atoms with E-state index in [1.54, 1.807) is 10.9 Å². The van der Waals surface area contributed by atoms with Crippen LogP contribution in [-0.2, 0) is 0 Å².